The Morgan fingerprint density at radius 2 is 1.88 bits per heavy atom. The number of nitrogens with one attached hydrogen (secondary N) is 2. The molecule has 0 unspecified atom stereocenters. The predicted octanol–water partition coefficient (Wildman–Crippen LogP) is 3.45. The molecule has 0 fully saturated rings. The number of non-ortho nitro benzene ring substituents is 1. The van der Waals surface area contributed by atoms with Gasteiger partial charge >= 0.3 is 0 Å². The maximum Gasteiger partial charge on any atom is 0.270 e. The van der Waals surface area contributed by atoms with E-state index >= 15 is 0 Å². The van der Waals surface area contributed by atoms with Gasteiger partial charge in [-0.3, -0.25) is 20.2 Å². The van der Waals surface area contributed by atoms with Gasteiger partial charge in [0.25, 0.3) is 11.6 Å². The molecule has 1 heterocycles. The molecule has 0 spiro atoms. The molecule has 132 valence electrons. The summed E-state index contributed by atoms with van der Waals surface area (Å²) in [5, 5.41) is 24.8. The third-order valence-electron chi connectivity index (χ3n) is 3.32. The fraction of sp³-hybridized carbons (Fsp3) is 0.0625. The summed E-state index contributed by atoms with van der Waals surface area (Å²) >= 11 is 1.12. The Bertz CT molecular complexity index is 945. The Morgan fingerprint density at radius 3 is 2.62 bits per heavy atom. The van der Waals surface area contributed by atoms with Crippen LogP contribution < -0.4 is 10.6 Å². The minimum atomic E-state index is -0.570. The number of hydrogen-bond donors (Lipinski definition) is 2. The van der Waals surface area contributed by atoms with E-state index in [4.69, 9.17) is 0 Å². The molecule has 3 aromatic rings. The number of carbonyl (C=O) groups excluding carboxylic acids is 1. The Balaban J connectivity index is 1.61. The standard InChI is InChI=1S/C16H12FN5O3S/c17-12-6-4-10(5-7-12)9-18-15-20-21-16(26-15)19-14(23)11-2-1-3-13(8-11)22(24)25/h1-8H,9H2,(H,18,20)(H,19,21,23). The lowest BCUT2D eigenvalue weighted by Crippen LogP contribution is -2.11. The van der Waals surface area contributed by atoms with Crippen LogP contribution in [0.3, 0.4) is 0 Å². The molecule has 0 saturated carbocycles. The van der Waals surface area contributed by atoms with Crippen LogP contribution in [0.25, 0.3) is 0 Å². The van der Waals surface area contributed by atoms with E-state index < -0.39 is 10.8 Å². The third kappa shape index (κ3) is 4.36. The third-order valence-corrected chi connectivity index (χ3v) is 4.12. The predicted molar refractivity (Wildman–Crippen MR) is 94.7 cm³/mol. The molecule has 3 rings (SSSR count). The number of carbonyl (C=O) groups is 1. The molecule has 2 aromatic carbocycles. The van der Waals surface area contributed by atoms with Crippen molar-refractivity contribution in [2.45, 2.75) is 6.54 Å². The van der Waals surface area contributed by atoms with E-state index in [0.717, 1.165) is 16.9 Å². The number of nitro benzene ring substituents is 1. The van der Waals surface area contributed by atoms with E-state index in [1.54, 1.807) is 12.1 Å². The monoisotopic (exact) mass is 373 g/mol. The molecule has 0 bridgehead atoms. The van der Waals surface area contributed by atoms with Crippen molar-refractivity contribution in [1.29, 1.82) is 0 Å². The maximum absolute atomic E-state index is 12.9. The first-order valence-corrected chi connectivity index (χ1v) is 8.20. The number of benzene rings is 2. The Labute approximate surface area is 150 Å². The summed E-state index contributed by atoms with van der Waals surface area (Å²) in [6.07, 6.45) is 0. The first kappa shape index (κ1) is 17.4. The fourth-order valence-corrected chi connectivity index (χ4v) is 2.69. The van der Waals surface area contributed by atoms with Crippen LogP contribution >= 0.6 is 11.3 Å². The van der Waals surface area contributed by atoms with E-state index in [1.807, 2.05) is 0 Å². The van der Waals surface area contributed by atoms with Crippen LogP contribution in [-0.2, 0) is 6.54 Å². The van der Waals surface area contributed by atoms with Crippen LogP contribution in [0.1, 0.15) is 15.9 Å². The fourth-order valence-electron chi connectivity index (χ4n) is 2.06. The van der Waals surface area contributed by atoms with Crippen molar-refractivity contribution < 1.29 is 14.1 Å². The van der Waals surface area contributed by atoms with E-state index in [1.165, 1.54) is 36.4 Å². The summed E-state index contributed by atoms with van der Waals surface area (Å²) in [5.74, 6) is -0.828. The molecule has 1 amide bonds. The number of anilines is 2. The lowest BCUT2D eigenvalue weighted by atomic mass is 10.2. The van der Waals surface area contributed by atoms with Crippen LogP contribution in [0.2, 0.25) is 0 Å². The zero-order valence-corrected chi connectivity index (χ0v) is 14.0. The summed E-state index contributed by atoms with van der Waals surface area (Å²) in [5.41, 5.74) is 0.843. The average Bonchev–Trinajstić information content (AvgIpc) is 3.08. The highest BCUT2D eigenvalue weighted by atomic mass is 32.1. The summed E-state index contributed by atoms with van der Waals surface area (Å²) in [6, 6.07) is 11.4. The van der Waals surface area contributed by atoms with Gasteiger partial charge in [-0.2, -0.15) is 0 Å². The van der Waals surface area contributed by atoms with Gasteiger partial charge in [0.1, 0.15) is 5.82 Å². The molecule has 0 aliphatic carbocycles. The number of amides is 1. The number of halogens is 1. The number of nitrogens with zero attached hydrogens (tertiary/aromatic N) is 3. The largest absolute Gasteiger partial charge is 0.356 e. The molecule has 0 aliphatic rings. The highest BCUT2D eigenvalue weighted by Gasteiger charge is 2.13. The van der Waals surface area contributed by atoms with Crippen molar-refractivity contribution in [3.63, 3.8) is 0 Å². The second-order valence-corrected chi connectivity index (χ2v) is 6.13. The zero-order valence-electron chi connectivity index (χ0n) is 13.2. The van der Waals surface area contributed by atoms with Crippen molar-refractivity contribution in [2.24, 2.45) is 0 Å². The number of hydrogen-bond acceptors (Lipinski definition) is 7. The normalized spacial score (nSPS) is 10.3. The van der Waals surface area contributed by atoms with Gasteiger partial charge < -0.3 is 5.32 Å². The molecule has 0 radical (unpaired) electrons. The lowest BCUT2D eigenvalue weighted by molar-refractivity contribution is -0.384. The van der Waals surface area contributed by atoms with Crippen LogP contribution in [0.15, 0.2) is 48.5 Å². The maximum atomic E-state index is 12.9. The molecular weight excluding hydrogens is 361 g/mol. The number of aromatic nitrogens is 2. The first-order valence-electron chi connectivity index (χ1n) is 7.39. The molecule has 0 saturated heterocycles. The molecule has 0 atom stereocenters. The van der Waals surface area contributed by atoms with Crippen LogP contribution in [0, 0.1) is 15.9 Å². The molecular formula is C16H12FN5O3S. The molecule has 10 heteroatoms. The van der Waals surface area contributed by atoms with Crippen LogP contribution in [0.4, 0.5) is 20.3 Å². The van der Waals surface area contributed by atoms with Gasteiger partial charge in [0.05, 0.1) is 4.92 Å². The Kier molecular flexibility index (Phi) is 5.13. The Hall–Kier alpha value is -3.40. The highest BCUT2D eigenvalue weighted by Crippen LogP contribution is 2.22. The van der Waals surface area contributed by atoms with Gasteiger partial charge in [0.2, 0.25) is 10.3 Å². The van der Waals surface area contributed by atoms with E-state index in [-0.39, 0.29) is 22.2 Å². The van der Waals surface area contributed by atoms with Gasteiger partial charge in [0.15, 0.2) is 0 Å². The summed E-state index contributed by atoms with van der Waals surface area (Å²) < 4.78 is 12.9. The second-order valence-electron chi connectivity index (χ2n) is 5.15. The van der Waals surface area contributed by atoms with Crippen molar-refractivity contribution >= 4 is 33.2 Å². The summed E-state index contributed by atoms with van der Waals surface area (Å²) in [7, 11) is 0. The van der Waals surface area contributed by atoms with Crippen molar-refractivity contribution in [3.05, 3.63) is 75.6 Å². The Morgan fingerprint density at radius 1 is 1.15 bits per heavy atom. The highest BCUT2D eigenvalue weighted by molar-refractivity contribution is 7.19. The SMILES string of the molecule is O=C(Nc1nnc(NCc2ccc(F)cc2)s1)c1cccc([N+](=O)[O-])c1. The topological polar surface area (TPSA) is 110 Å². The van der Waals surface area contributed by atoms with E-state index in [0.29, 0.717) is 11.7 Å². The molecule has 26 heavy (non-hydrogen) atoms. The van der Waals surface area contributed by atoms with Gasteiger partial charge in [-0.1, -0.05) is 29.5 Å². The van der Waals surface area contributed by atoms with Crippen LogP contribution in [0.5, 0.6) is 0 Å². The van der Waals surface area contributed by atoms with Crippen molar-refractivity contribution in [3.8, 4) is 0 Å². The second kappa shape index (κ2) is 7.66. The minimum absolute atomic E-state index is 0.148. The number of nitro groups is 1. The smallest absolute Gasteiger partial charge is 0.270 e. The first-order chi connectivity index (χ1) is 12.5. The van der Waals surface area contributed by atoms with Crippen molar-refractivity contribution in [2.75, 3.05) is 10.6 Å². The molecule has 0 aliphatic heterocycles. The molecule has 8 nitrogen and oxygen atoms in total. The number of rotatable bonds is 6. The molecule has 2 N–H and O–H groups in total. The van der Waals surface area contributed by atoms with Gasteiger partial charge in [-0.05, 0) is 23.8 Å². The zero-order chi connectivity index (χ0) is 18.5. The quantitative estimate of drug-likeness (QED) is 0.506. The van der Waals surface area contributed by atoms with Crippen molar-refractivity contribution in [1.82, 2.24) is 10.2 Å². The van der Waals surface area contributed by atoms with Gasteiger partial charge in [-0.15, -0.1) is 10.2 Å². The van der Waals surface area contributed by atoms with E-state index in [9.17, 15) is 19.3 Å². The van der Waals surface area contributed by atoms with Gasteiger partial charge in [-0.25, -0.2) is 4.39 Å². The molecule has 1 aromatic heterocycles. The summed E-state index contributed by atoms with van der Waals surface area (Å²) in [6.45, 7) is 0.424. The minimum Gasteiger partial charge on any atom is -0.356 e. The van der Waals surface area contributed by atoms with E-state index in [2.05, 4.69) is 20.8 Å². The van der Waals surface area contributed by atoms with Crippen LogP contribution in [-0.4, -0.2) is 21.0 Å². The summed E-state index contributed by atoms with van der Waals surface area (Å²) in [4.78, 5) is 22.4. The van der Waals surface area contributed by atoms with Gasteiger partial charge in [0, 0.05) is 24.2 Å². The lowest BCUT2D eigenvalue weighted by Gasteiger charge is -2.02. The average molecular weight is 373 g/mol.